The van der Waals surface area contributed by atoms with Crippen molar-refractivity contribution in [3.63, 3.8) is 0 Å². The molecule has 0 unspecified atom stereocenters. The Hall–Kier alpha value is -3.41. The van der Waals surface area contributed by atoms with Crippen molar-refractivity contribution in [3.05, 3.63) is 70.9 Å². The number of nitrogens with one attached hydrogen (secondary N) is 1. The molecule has 0 amide bonds. The number of halogens is 6. The lowest BCUT2D eigenvalue weighted by Crippen LogP contribution is -2.28. The van der Waals surface area contributed by atoms with Crippen molar-refractivity contribution < 1.29 is 31.1 Å². The Kier molecular flexibility index (Phi) is 9.76. The molecule has 1 aromatic carbocycles. The maximum absolute atomic E-state index is 13.4. The number of anilines is 2. The number of rotatable bonds is 6. The topological polar surface area (TPSA) is 63.2 Å². The normalized spacial score (nSPS) is 14.2. The van der Waals surface area contributed by atoms with E-state index in [0.29, 0.717) is 43.3 Å². The summed E-state index contributed by atoms with van der Waals surface area (Å²) in [5.74, 6) is 0.783. The Balaban J connectivity index is 0.00000205. The number of alkyl halides is 6. The van der Waals surface area contributed by atoms with E-state index in [1.807, 2.05) is 32.6 Å². The summed E-state index contributed by atoms with van der Waals surface area (Å²) in [4.78, 5) is 15.2. The van der Waals surface area contributed by atoms with Crippen LogP contribution in [0.25, 0.3) is 0 Å². The number of fused-ring (bicyclic) bond motifs is 1. The van der Waals surface area contributed by atoms with Crippen LogP contribution in [0.2, 0.25) is 0 Å². The average Bonchev–Trinajstić information content (AvgIpc) is 3.08. The summed E-state index contributed by atoms with van der Waals surface area (Å²) in [7, 11) is 0. The second kappa shape index (κ2) is 12.6. The number of benzene rings is 1. The van der Waals surface area contributed by atoms with Crippen LogP contribution in [0, 0.1) is 0 Å². The van der Waals surface area contributed by atoms with Crippen molar-refractivity contribution in [2.75, 3.05) is 18.4 Å². The molecule has 1 aliphatic heterocycles. The van der Waals surface area contributed by atoms with Crippen molar-refractivity contribution in [1.29, 1.82) is 0 Å². The third-order valence-corrected chi connectivity index (χ3v) is 5.89. The summed E-state index contributed by atoms with van der Waals surface area (Å²) in [6.07, 6.45) is -6.95. The first-order chi connectivity index (χ1) is 18.4. The molecule has 212 valence electrons. The first-order valence-electron chi connectivity index (χ1n) is 12.6. The molecule has 0 spiro atoms. The van der Waals surface area contributed by atoms with Gasteiger partial charge in [-0.3, -0.25) is 9.88 Å². The van der Waals surface area contributed by atoms with Crippen LogP contribution in [-0.2, 0) is 25.6 Å². The van der Waals surface area contributed by atoms with E-state index in [9.17, 15) is 26.3 Å². The summed E-state index contributed by atoms with van der Waals surface area (Å²) in [5.41, 5.74) is 1.33. The van der Waals surface area contributed by atoms with E-state index in [-0.39, 0.29) is 23.9 Å². The van der Waals surface area contributed by atoms with Crippen LogP contribution in [0.4, 0.5) is 37.8 Å². The Morgan fingerprint density at radius 3 is 2.23 bits per heavy atom. The van der Waals surface area contributed by atoms with Crippen LogP contribution in [0.1, 0.15) is 62.0 Å². The lowest BCUT2D eigenvalue weighted by atomic mass is 10.1. The fraction of sp³-hybridized carbons (Fsp3) is 0.444. The molecule has 2 aromatic heterocycles. The SMILES string of the molecule is CC.CC(C)c1nc2c(c(Nc3ccc(OC(F)(F)F)cc3)n1)CCN(Cc1ncccc1C(F)(F)F)CC2. The van der Waals surface area contributed by atoms with Crippen LogP contribution in [0.3, 0.4) is 0 Å². The minimum absolute atomic E-state index is 0.00984. The number of ether oxygens (including phenoxy) is 1. The molecular weight excluding hydrogens is 524 g/mol. The smallest absolute Gasteiger partial charge is 0.406 e. The van der Waals surface area contributed by atoms with Gasteiger partial charge in [0.25, 0.3) is 0 Å². The summed E-state index contributed by atoms with van der Waals surface area (Å²) < 4.78 is 81.6. The van der Waals surface area contributed by atoms with Gasteiger partial charge in [-0.2, -0.15) is 13.2 Å². The van der Waals surface area contributed by atoms with E-state index < -0.39 is 18.1 Å². The summed E-state index contributed by atoms with van der Waals surface area (Å²) in [6, 6.07) is 7.61. The predicted molar refractivity (Wildman–Crippen MR) is 136 cm³/mol. The van der Waals surface area contributed by atoms with Gasteiger partial charge < -0.3 is 10.1 Å². The van der Waals surface area contributed by atoms with Crippen LogP contribution < -0.4 is 10.1 Å². The van der Waals surface area contributed by atoms with Crippen LogP contribution in [0.15, 0.2) is 42.6 Å². The second-order valence-electron chi connectivity index (χ2n) is 8.98. The minimum atomic E-state index is -4.78. The van der Waals surface area contributed by atoms with Crippen molar-refractivity contribution >= 4 is 11.5 Å². The predicted octanol–water partition coefficient (Wildman–Crippen LogP) is 7.28. The zero-order chi connectivity index (χ0) is 28.8. The largest absolute Gasteiger partial charge is 0.573 e. The van der Waals surface area contributed by atoms with Crippen LogP contribution >= 0.6 is 0 Å². The molecule has 3 aromatic rings. The molecule has 0 radical (unpaired) electrons. The highest BCUT2D eigenvalue weighted by atomic mass is 19.4. The summed E-state index contributed by atoms with van der Waals surface area (Å²) >= 11 is 0. The lowest BCUT2D eigenvalue weighted by molar-refractivity contribution is -0.274. The first kappa shape index (κ1) is 30.1. The van der Waals surface area contributed by atoms with Gasteiger partial charge in [0.1, 0.15) is 17.4 Å². The van der Waals surface area contributed by atoms with E-state index in [2.05, 4.69) is 20.0 Å². The maximum Gasteiger partial charge on any atom is 0.573 e. The Morgan fingerprint density at radius 2 is 1.62 bits per heavy atom. The third-order valence-electron chi connectivity index (χ3n) is 5.89. The third kappa shape index (κ3) is 8.29. The first-order valence-corrected chi connectivity index (χ1v) is 12.6. The maximum atomic E-state index is 13.4. The number of hydrogen-bond donors (Lipinski definition) is 1. The number of nitrogens with zero attached hydrogens (tertiary/aromatic N) is 4. The Morgan fingerprint density at radius 1 is 0.949 bits per heavy atom. The molecule has 12 heteroatoms. The zero-order valence-corrected chi connectivity index (χ0v) is 22.1. The molecule has 4 rings (SSSR count). The summed E-state index contributed by atoms with van der Waals surface area (Å²) in [6.45, 7) is 8.86. The Bertz CT molecular complexity index is 1230. The van der Waals surface area contributed by atoms with Crippen molar-refractivity contribution in [1.82, 2.24) is 19.9 Å². The van der Waals surface area contributed by atoms with Gasteiger partial charge in [0.2, 0.25) is 0 Å². The molecule has 0 saturated carbocycles. The van der Waals surface area contributed by atoms with Crippen molar-refractivity contribution in [3.8, 4) is 5.75 Å². The molecule has 1 aliphatic rings. The van der Waals surface area contributed by atoms with Gasteiger partial charge in [-0.25, -0.2) is 9.97 Å². The molecular formula is C27H31F6N5O. The van der Waals surface area contributed by atoms with Gasteiger partial charge in [0.05, 0.1) is 17.0 Å². The van der Waals surface area contributed by atoms with Gasteiger partial charge in [-0.05, 0) is 42.8 Å². The van der Waals surface area contributed by atoms with Crippen molar-refractivity contribution in [2.24, 2.45) is 0 Å². The van der Waals surface area contributed by atoms with Crippen molar-refractivity contribution in [2.45, 2.75) is 65.5 Å². The Labute approximate surface area is 223 Å². The molecule has 1 N–H and O–H groups in total. The fourth-order valence-corrected chi connectivity index (χ4v) is 4.09. The van der Waals surface area contributed by atoms with Crippen LogP contribution in [-0.4, -0.2) is 39.3 Å². The highest BCUT2D eigenvalue weighted by Crippen LogP contribution is 2.33. The molecule has 0 atom stereocenters. The highest BCUT2D eigenvalue weighted by Gasteiger charge is 2.34. The van der Waals surface area contributed by atoms with E-state index in [1.165, 1.54) is 36.5 Å². The fourth-order valence-electron chi connectivity index (χ4n) is 4.09. The molecule has 39 heavy (non-hydrogen) atoms. The van der Waals surface area contributed by atoms with E-state index >= 15 is 0 Å². The van der Waals surface area contributed by atoms with E-state index in [1.54, 1.807) is 0 Å². The number of aromatic nitrogens is 3. The number of pyridine rings is 1. The van der Waals surface area contributed by atoms with Gasteiger partial charge in [0, 0.05) is 49.4 Å². The molecule has 6 nitrogen and oxygen atoms in total. The average molecular weight is 556 g/mol. The molecule has 3 heterocycles. The number of hydrogen-bond acceptors (Lipinski definition) is 6. The second-order valence-corrected chi connectivity index (χ2v) is 8.98. The van der Waals surface area contributed by atoms with Gasteiger partial charge in [-0.1, -0.05) is 27.7 Å². The molecule has 0 saturated heterocycles. The molecule has 0 fully saturated rings. The molecule has 0 bridgehead atoms. The lowest BCUT2D eigenvalue weighted by Gasteiger charge is -2.21. The summed E-state index contributed by atoms with van der Waals surface area (Å²) in [5, 5.41) is 3.17. The van der Waals surface area contributed by atoms with Gasteiger partial charge in [0.15, 0.2) is 0 Å². The standard InChI is InChI=1S/C25H25F6N5O.C2H6/c1-15(2)22-34-20-10-13-36(14-21-19(24(26,27)28)4-3-11-32-21)12-9-18(20)23(35-22)33-16-5-7-17(8-6-16)37-25(29,30)31;1-2/h3-8,11,15H,9-10,12-14H2,1-2H3,(H,33,34,35);1-2H3. The molecule has 0 aliphatic carbocycles. The van der Waals surface area contributed by atoms with Gasteiger partial charge in [-0.15, -0.1) is 13.2 Å². The van der Waals surface area contributed by atoms with Gasteiger partial charge >= 0.3 is 12.5 Å². The quantitative estimate of drug-likeness (QED) is 0.323. The minimum Gasteiger partial charge on any atom is -0.406 e. The van der Waals surface area contributed by atoms with E-state index in [0.717, 1.165) is 17.3 Å². The van der Waals surface area contributed by atoms with E-state index in [4.69, 9.17) is 4.98 Å². The monoisotopic (exact) mass is 555 g/mol. The zero-order valence-electron chi connectivity index (χ0n) is 22.1. The van der Waals surface area contributed by atoms with Crippen LogP contribution in [0.5, 0.6) is 5.75 Å². The highest BCUT2D eigenvalue weighted by molar-refractivity contribution is 5.61.